The highest BCUT2D eigenvalue weighted by molar-refractivity contribution is 5.96. The third kappa shape index (κ3) is 3.04. The van der Waals surface area contributed by atoms with E-state index in [1.807, 2.05) is 36.1 Å². The second-order valence-electron chi connectivity index (χ2n) is 6.39. The molecule has 1 aliphatic rings. The van der Waals surface area contributed by atoms with Gasteiger partial charge in [-0.2, -0.15) is 0 Å². The molecule has 0 aliphatic carbocycles. The van der Waals surface area contributed by atoms with Gasteiger partial charge in [0.25, 0.3) is 5.91 Å². The third-order valence-electron chi connectivity index (χ3n) is 4.90. The molecule has 0 spiro atoms. The molecule has 0 radical (unpaired) electrons. The summed E-state index contributed by atoms with van der Waals surface area (Å²) in [6, 6.07) is 12.6. The fourth-order valence-corrected chi connectivity index (χ4v) is 3.53. The van der Waals surface area contributed by atoms with Crippen molar-refractivity contribution in [2.45, 2.75) is 39.3 Å². The van der Waals surface area contributed by atoms with Gasteiger partial charge in [0.05, 0.1) is 5.56 Å². The molecular weight excluding hydrogens is 286 g/mol. The Morgan fingerprint density at radius 1 is 1.26 bits per heavy atom. The van der Waals surface area contributed by atoms with Gasteiger partial charge < -0.3 is 15.2 Å². The fraction of sp³-hybridized carbons (Fsp3) is 0.421. The lowest BCUT2D eigenvalue weighted by atomic mass is 10.2. The van der Waals surface area contributed by atoms with E-state index in [4.69, 9.17) is 5.73 Å². The average Bonchev–Trinajstić information content (AvgIpc) is 3.15. The van der Waals surface area contributed by atoms with Crippen LogP contribution >= 0.6 is 0 Å². The minimum Gasteiger partial charge on any atom is -0.344 e. The number of rotatable bonds is 4. The molecule has 122 valence electrons. The van der Waals surface area contributed by atoms with Gasteiger partial charge >= 0.3 is 0 Å². The molecule has 1 aliphatic heterocycles. The van der Waals surface area contributed by atoms with Gasteiger partial charge in [0.2, 0.25) is 0 Å². The van der Waals surface area contributed by atoms with Gasteiger partial charge in [-0.15, -0.1) is 0 Å². The van der Waals surface area contributed by atoms with E-state index >= 15 is 0 Å². The Bertz CT molecular complexity index is 690. The van der Waals surface area contributed by atoms with Gasteiger partial charge in [0.1, 0.15) is 0 Å². The molecule has 3 rings (SSSR count). The molecule has 4 heteroatoms. The number of likely N-dealkylation sites (tertiary alicyclic amines) is 1. The predicted octanol–water partition coefficient (Wildman–Crippen LogP) is 2.72. The molecule has 4 nitrogen and oxygen atoms in total. The summed E-state index contributed by atoms with van der Waals surface area (Å²) in [6.45, 7) is 6.28. The Morgan fingerprint density at radius 3 is 2.70 bits per heavy atom. The van der Waals surface area contributed by atoms with Gasteiger partial charge in [-0.1, -0.05) is 30.3 Å². The van der Waals surface area contributed by atoms with Crippen molar-refractivity contribution in [3.8, 4) is 0 Å². The van der Waals surface area contributed by atoms with Crippen molar-refractivity contribution in [3.63, 3.8) is 0 Å². The Labute approximate surface area is 137 Å². The number of benzene rings is 1. The van der Waals surface area contributed by atoms with Crippen LogP contribution < -0.4 is 5.73 Å². The summed E-state index contributed by atoms with van der Waals surface area (Å²) in [5.41, 5.74) is 10.0. The first kappa shape index (κ1) is 15.8. The number of hydrogen-bond donors (Lipinski definition) is 1. The van der Waals surface area contributed by atoms with Gasteiger partial charge in [0, 0.05) is 37.1 Å². The molecular formula is C19H25N3O. The standard InChI is InChI=1S/C19H25N3O/c1-14-11-18(19(23)21-10-6-9-17(21)12-20)15(2)22(14)13-16-7-4-3-5-8-16/h3-5,7-8,11,17H,6,9-10,12-13,20H2,1-2H3. The minimum absolute atomic E-state index is 0.130. The number of carbonyl (C=O) groups excluding carboxylic acids is 1. The van der Waals surface area contributed by atoms with Crippen molar-refractivity contribution in [2.75, 3.05) is 13.1 Å². The first-order chi connectivity index (χ1) is 11.1. The molecule has 2 heterocycles. The summed E-state index contributed by atoms with van der Waals surface area (Å²) in [4.78, 5) is 14.9. The van der Waals surface area contributed by atoms with Gasteiger partial charge in [-0.25, -0.2) is 0 Å². The van der Waals surface area contributed by atoms with E-state index in [0.29, 0.717) is 6.54 Å². The molecule has 1 atom stereocenters. The smallest absolute Gasteiger partial charge is 0.255 e. The van der Waals surface area contributed by atoms with E-state index in [0.717, 1.165) is 42.9 Å². The zero-order chi connectivity index (χ0) is 16.4. The van der Waals surface area contributed by atoms with Crippen LogP contribution in [-0.4, -0.2) is 34.5 Å². The first-order valence-corrected chi connectivity index (χ1v) is 8.33. The molecule has 1 amide bonds. The van der Waals surface area contributed by atoms with Gasteiger partial charge in [-0.05, 0) is 38.3 Å². The predicted molar refractivity (Wildman–Crippen MR) is 92.6 cm³/mol. The average molecular weight is 311 g/mol. The van der Waals surface area contributed by atoms with Crippen LogP contribution in [-0.2, 0) is 6.54 Å². The summed E-state index contributed by atoms with van der Waals surface area (Å²) in [6.07, 6.45) is 2.07. The SMILES string of the molecule is Cc1cc(C(=O)N2CCCC2CN)c(C)n1Cc1ccccc1. The molecule has 0 saturated carbocycles. The monoisotopic (exact) mass is 311 g/mol. The van der Waals surface area contributed by atoms with Crippen molar-refractivity contribution in [3.05, 3.63) is 58.9 Å². The van der Waals surface area contributed by atoms with Crippen molar-refractivity contribution >= 4 is 5.91 Å². The third-order valence-corrected chi connectivity index (χ3v) is 4.90. The second-order valence-corrected chi connectivity index (χ2v) is 6.39. The van der Waals surface area contributed by atoms with Crippen LogP contribution in [0.5, 0.6) is 0 Å². The number of nitrogens with two attached hydrogens (primary N) is 1. The first-order valence-electron chi connectivity index (χ1n) is 8.33. The van der Waals surface area contributed by atoms with E-state index in [1.54, 1.807) is 0 Å². The topological polar surface area (TPSA) is 51.3 Å². The highest BCUT2D eigenvalue weighted by Gasteiger charge is 2.30. The summed E-state index contributed by atoms with van der Waals surface area (Å²) in [7, 11) is 0. The van der Waals surface area contributed by atoms with Gasteiger partial charge in [-0.3, -0.25) is 4.79 Å². The summed E-state index contributed by atoms with van der Waals surface area (Å²) < 4.78 is 2.22. The number of aromatic nitrogens is 1. The van der Waals surface area contributed by atoms with Crippen molar-refractivity contribution in [1.29, 1.82) is 0 Å². The van der Waals surface area contributed by atoms with E-state index in [2.05, 4.69) is 23.6 Å². The maximum Gasteiger partial charge on any atom is 0.255 e. The number of carbonyl (C=O) groups is 1. The van der Waals surface area contributed by atoms with E-state index in [9.17, 15) is 4.79 Å². The maximum absolute atomic E-state index is 12.9. The number of aryl methyl sites for hydroxylation is 1. The Kier molecular flexibility index (Phi) is 4.53. The molecule has 1 aromatic heterocycles. The highest BCUT2D eigenvalue weighted by Crippen LogP contribution is 2.23. The maximum atomic E-state index is 12.9. The summed E-state index contributed by atoms with van der Waals surface area (Å²) >= 11 is 0. The molecule has 2 aromatic rings. The van der Waals surface area contributed by atoms with Crippen molar-refractivity contribution in [2.24, 2.45) is 5.73 Å². The Hall–Kier alpha value is -2.07. The van der Waals surface area contributed by atoms with Crippen LogP contribution in [0.15, 0.2) is 36.4 Å². The van der Waals surface area contributed by atoms with Crippen molar-refractivity contribution < 1.29 is 4.79 Å². The zero-order valence-electron chi connectivity index (χ0n) is 14.0. The highest BCUT2D eigenvalue weighted by atomic mass is 16.2. The lowest BCUT2D eigenvalue weighted by Crippen LogP contribution is -2.40. The molecule has 1 unspecified atom stereocenters. The normalized spacial score (nSPS) is 17.7. The van der Waals surface area contributed by atoms with Crippen LogP contribution in [0.25, 0.3) is 0 Å². The fourth-order valence-electron chi connectivity index (χ4n) is 3.53. The van der Waals surface area contributed by atoms with E-state index < -0.39 is 0 Å². The number of amides is 1. The summed E-state index contributed by atoms with van der Waals surface area (Å²) in [5.74, 6) is 0.130. The molecule has 0 bridgehead atoms. The van der Waals surface area contributed by atoms with Crippen LogP contribution in [0.2, 0.25) is 0 Å². The zero-order valence-corrected chi connectivity index (χ0v) is 14.0. The lowest BCUT2D eigenvalue weighted by Gasteiger charge is -2.23. The largest absolute Gasteiger partial charge is 0.344 e. The second kappa shape index (κ2) is 6.59. The molecule has 2 N–H and O–H groups in total. The molecule has 1 aromatic carbocycles. The lowest BCUT2D eigenvalue weighted by molar-refractivity contribution is 0.0740. The molecule has 23 heavy (non-hydrogen) atoms. The van der Waals surface area contributed by atoms with Crippen LogP contribution in [0.4, 0.5) is 0 Å². The number of hydrogen-bond acceptors (Lipinski definition) is 2. The van der Waals surface area contributed by atoms with E-state index in [1.165, 1.54) is 5.56 Å². The molecule has 1 fully saturated rings. The number of nitrogens with zero attached hydrogens (tertiary/aromatic N) is 2. The Balaban J connectivity index is 1.87. The van der Waals surface area contributed by atoms with E-state index in [-0.39, 0.29) is 11.9 Å². The van der Waals surface area contributed by atoms with Crippen LogP contribution in [0, 0.1) is 13.8 Å². The van der Waals surface area contributed by atoms with Gasteiger partial charge in [0.15, 0.2) is 0 Å². The van der Waals surface area contributed by atoms with Crippen molar-refractivity contribution in [1.82, 2.24) is 9.47 Å². The quantitative estimate of drug-likeness (QED) is 0.944. The van der Waals surface area contributed by atoms with Crippen LogP contribution in [0.1, 0.15) is 40.2 Å². The minimum atomic E-state index is 0.130. The Morgan fingerprint density at radius 2 is 2.00 bits per heavy atom. The summed E-state index contributed by atoms with van der Waals surface area (Å²) in [5, 5.41) is 0. The molecule has 1 saturated heterocycles. The van der Waals surface area contributed by atoms with Crippen LogP contribution in [0.3, 0.4) is 0 Å².